The molecule has 0 aliphatic carbocycles. The summed E-state index contributed by atoms with van der Waals surface area (Å²) in [6, 6.07) is 5.40. The summed E-state index contributed by atoms with van der Waals surface area (Å²) in [6.07, 6.45) is -0.0189. The Morgan fingerprint density at radius 1 is 1.29 bits per heavy atom. The number of rotatable bonds is 4. The first-order valence-corrected chi connectivity index (χ1v) is 5.97. The zero-order chi connectivity index (χ0) is 13.1. The van der Waals surface area contributed by atoms with E-state index in [1.54, 1.807) is 12.1 Å². The largest absolute Gasteiger partial charge is 0.504 e. The van der Waals surface area contributed by atoms with Crippen LogP contribution in [0.2, 0.25) is 0 Å². The Morgan fingerprint density at radius 2 is 1.94 bits per heavy atom. The molecule has 1 atom stereocenters. The summed E-state index contributed by atoms with van der Waals surface area (Å²) in [5.41, 5.74) is 0.635. The fraction of sp³-hybridized carbons (Fsp3) is 0.571. The monoisotopic (exact) mass is 238 g/mol. The Balaban J connectivity index is 2.86. The van der Waals surface area contributed by atoms with Gasteiger partial charge in [0.2, 0.25) is 0 Å². The minimum Gasteiger partial charge on any atom is -0.504 e. The normalized spacial score (nSPS) is 13.5. The van der Waals surface area contributed by atoms with Gasteiger partial charge in [0, 0.05) is 6.61 Å². The third kappa shape index (κ3) is 4.27. The molecular weight excluding hydrogens is 216 g/mol. The Morgan fingerprint density at radius 3 is 2.41 bits per heavy atom. The molecule has 96 valence electrons. The molecule has 0 aliphatic rings. The highest BCUT2D eigenvalue weighted by Gasteiger charge is 2.15. The number of phenols is 1. The van der Waals surface area contributed by atoms with Gasteiger partial charge in [0.05, 0.1) is 6.10 Å². The van der Waals surface area contributed by atoms with Crippen LogP contribution in [0.3, 0.4) is 0 Å². The maximum atomic E-state index is 9.89. The molecule has 1 rings (SSSR count). The molecule has 17 heavy (non-hydrogen) atoms. The lowest BCUT2D eigenvalue weighted by molar-refractivity contribution is 0.0759. The maximum absolute atomic E-state index is 9.89. The van der Waals surface area contributed by atoms with Crippen LogP contribution in [0.25, 0.3) is 0 Å². The van der Waals surface area contributed by atoms with Crippen LogP contribution < -0.4 is 4.74 Å². The summed E-state index contributed by atoms with van der Waals surface area (Å²) < 4.78 is 11.1. The highest BCUT2D eigenvalue weighted by Crippen LogP contribution is 2.32. The van der Waals surface area contributed by atoms with Crippen LogP contribution in [0.4, 0.5) is 0 Å². The van der Waals surface area contributed by atoms with Crippen molar-refractivity contribution in [3.63, 3.8) is 0 Å². The summed E-state index contributed by atoms with van der Waals surface area (Å²) in [7, 11) is 0. The molecule has 0 saturated heterocycles. The number of hydrogen-bond acceptors (Lipinski definition) is 3. The first kappa shape index (κ1) is 13.8. The van der Waals surface area contributed by atoms with Crippen LogP contribution in [-0.2, 0) is 4.74 Å². The van der Waals surface area contributed by atoms with Crippen LogP contribution in [0, 0.1) is 0 Å². The van der Waals surface area contributed by atoms with E-state index in [-0.39, 0.29) is 17.5 Å². The molecule has 3 heteroatoms. The molecular formula is C14H22O3. The zero-order valence-corrected chi connectivity index (χ0v) is 11.3. The molecule has 0 radical (unpaired) electrons. The zero-order valence-electron chi connectivity index (χ0n) is 11.3. The van der Waals surface area contributed by atoms with Crippen LogP contribution in [0.5, 0.6) is 11.5 Å². The fourth-order valence-electron chi connectivity index (χ4n) is 1.55. The third-order valence-electron chi connectivity index (χ3n) is 2.29. The van der Waals surface area contributed by atoms with Crippen molar-refractivity contribution in [3.8, 4) is 11.5 Å². The van der Waals surface area contributed by atoms with Gasteiger partial charge in [-0.1, -0.05) is 6.07 Å². The molecule has 1 unspecified atom stereocenters. The van der Waals surface area contributed by atoms with Crippen LogP contribution in [-0.4, -0.2) is 17.3 Å². The quantitative estimate of drug-likeness (QED) is 0.869. The van der Waals surface area contributed by atoms with Crippen molar-refractivity contribution >= 4 is 0 Å². The minimum atomic E-state index is -0.315. The number of hydrogen-bond donors (Lipinski definition) is 1. The Bertz CT molecular complexity index is 366. The second-order valence-corrected chi connectivity index (χ2v) is 5.04. The average Bonchev–Trinajstić information content (AvgIpc) is 2.19. The molecule has 1 aromatic carbocycles. The van der Waals surface area contributed by atoms with E-state index < -0.39 is 0 Å². The van der Waals surface area contributed by atoms with E-state index in [9.17, 15) is 5.11 Å². The summed E-state index contributed by atoms with van der Waals surface area (Å²) in [6.45, 7) is 10.4. The van der Waals surface area contributed by atoms with Crippen molar-refractivity contribution in [2.24, 2.45) is 0 Å². The van der Waals surface area contributed by atoms with Crippen molar-refractivity contribution in [1.82, 2.24) is 0 Å². The van der Waals surface area contributed by atoms with E-state index in [0.717, 1.165) is 5.56 Å². The van der Waals surface area contributed by atoms with Gasteiger partial charge in [-0.25, -0.2) is 0 Å². The Labute approximate surface area is 103 Å². The molecule has 0 heterocycles. The van der Waals surface area contributed by atoms with Crippen molar-refractivity contribution < 1.29 is 14.6 Å². The van der Waals surface area contributed by atoms with Gasteiger partial charge in [0.25, 0.3) is 0 Å². The summed E-state index contributed by atoms with van der Waals surface area (Å²) in [5, 5.41) is 9.89. The van der Waals surface area contributed by atoms with E-state index in [0.29, 0.717) is 12.4 Å². The average molecular weight is 238 g/mol. The number of phenolic OH excluding ortho intramolecular Hbond substituents is 1. The number of ether oxygens (including phenoxy) is 2. The summed E-state index contributed by atoms with van der Waals surface area (Å²) in [4.78, 5) is 0. The van der Waals surface area contributed by atoms with Crippen molar-refractivity contribution in [2.75, 3.05) is 6.61 Å². The molecule has 0 spiro atoms. The first-order chi connectivity index (χ1) is 7.83. The molecule has 1 aromatic rings. The maximum Gasteiger partial charge on any atom is 0.161 e. The van der Waals surface area contributed by atoms with Gasteiger partial charge in [-0.15, -0.1) is 0 Å². The number of aromatic hydroxyl groups is 1. The lowest BCUT2D eigenvalue weighted by atomic mass is 10.1. The lowest BCUT2D eigenvalue weighted by Crippen LogP contribution is -2.23. The van der Waals surface area contributed by atoms with Gasteiger partial charge in [0.1, 0.15) is 5.60 Å². The molecule has 0 aliphatic heterocycles. The molecule has 0 fully saturated rings. The van der Waals surface area contributed by atoms with Gasteiger partial charge in [0.15, 0.2) is 11.5 Å². The number of benzene rings is 1. The lowest BCUT2D eigenvalue weighted by Gasteiger charge is -2.22. The second-order valence-electron chi connectivity index (χ2n) is 5.04. The van der Waals surface area contributed by atoms with E-state index in [1.807, 2.05) is 40.7 Å². The van der Waals surface area contributed by atoms with E-state index in [4.69, 9.17) is 9.47 Å². The molecule has 0 amide bonds. The molecule has 0 saturated carbocycles. The van der Waals surface area contributed by atoms with Crippen LogP contribution in [0.15, 0.2) is 18.2 Å². The van der Waals surface area contributed by atoms with Gasteiger partial charge < -0.3 is 14.6 Å². The van der Waals surface area contributed by atoms with Gasteiger partial charge in [-0.3, -0.25) is 0 Å². The second kappa shape index (κ2) is 5.41. The predicted octanol–water partition coefficient (Wildman–Crippen LogP) is 3.67. The van der Waals surface area contributed by atoms with E-state index in [2.05, 4.69) is 0 Å². The Hall–Kier alpha value is -1.22. The summed E-state index contributed by atoms with van der Waals surface area (Å²) in [5.74, 6) is 0.661. The van der Waals surface area contributed by atoms with Crippen LogP contribution >= 0.6 is 0 Å². The SMILES string of the molecule is CCOC(C)c1ccc(OC(C)(C)C)c(O)c1. The third-order valence-corrected chi connectivity index (χ3v) is 2.29. The first-order valence-electron chi connectivity index (χ1n) is 5.97. The molecule has 3 nitrogen and oxygen atoms in total. The molecule has 1 N–H and O–H groups in total. The molecule has 0 bridgehead atoms. The highest BCUT2D eigenvalue weighted by molar-refractivity contribution is 5.42. The van der Waals surface area contributed by atoms with Crippen LogP contribution in [0.1, 0.15) is 46.3 Å². The highest BCUT2D eigenvalue weighted by atomic mass is 16.5. The topological polar surface area (TPSA) is 38.7 Å². The Kier molecular flexibility index (Phi) is 4.40. The van der Waals surface area contributed by atoms with Crippen molar-refractivity contribution in [1.29, 1.82) is 0 Å². The van der Waals surface area contributed by atoms with E-state index >= 15 is 0 Å². The standard InChI is InChI=1S/C14H22O3/c1-6-16-10(2)11-7-8-13(12(15)9-11)17-14(3,4)5/h7-10,15H,6H2,1-5H3. The van der Waals surface area contributed by atoms with Gasteiger partial charge in [-0.05, 0) is 52.3 Å². The fourth-order valence-corrected chi connectivity index (χ4v) is 1.55. The molecule has 0 aromatic heterocycles. The predicted molar refractivity (Wildman–Crippen MR) is 68.5 cm³/mol. The minimum absolute atomic E-state index is 0.0189. The smallest absolute Gasteiger partial charge is 0.161 e. The van der Waals surface area contributed by atoms with Crippen molar-refractivity contribution in [2.45, 2.75) is 46.3 Å². The van der Waals surface area contributed by atoms with E-state index in [1.165, 1.54) is 0 Å². The summed E-state index contributed by atoms with van der Waals surface area (Å²) >= 11 is 0. The van der Waals surface area contributed by atoms with Gasteiger partial charge in [-0.2, -0.15) is 0 Å². The van der Waals surface area contributed by atoms with Crippen molar-refractivity contribution in [3.05, 3.63) is 23.8 Å². The van der Waals surface area contributed by atoms with Gasteiger partial charge >= 0.3 is 0 Å².